The number of aldehydes is 2. The fraction of sp³-hybridized carbons (Fsp3) is 0.167. The summed E-state index contributed by atoms with van der Waals surface area (Å²) in [5, 5.41) is 0. The summed E-state index contributed by atoms with van der Waals surface area (Å²) in [7, 11) is 0. The van der Waals surface area contributed by atoms with Gasteiger partial charge in [0.05, 0.1) is 23.9 Å². The third kappa shape index (κ3) is 1.39. The molecule has 4 heteroatoms. The van der Waals surface area contributed by atoms with Gasteiger partial charge >= 0.3 is 0 Å². The van der Waals surface area contributed by atoms with E-state index in [4.69, 9.17) is 4.42 Å². The van der Waals surface area contributed by atoms with E-state index < -0.39 is 0 Å². The quantitative estimate of drug-likeness (QED) is 0.803. The summed E-state index contributed by atoms with van der Waals surface area (Å²) in [4.78, 5) is 24.7. The van der Waals surface area contributed by atoms with Gasteiger partial charge in [0.15, 0.2) is 12.6 Å². The minimum absolute atomic E-state index is 0.428. The molecule has 0 bridgehead atoms. The highest BCUT2D eigenvalue weighted by Crippen LogP contribution is 2.29. The predicted molar refractivity (Wildman–Crippen MR) is 58.7 cm³/mol. The molecule has 2 heterocycles. The van der Waals surface area contributed by atoms with Crippen LogP contribution in [0.25, 0.3) is 11.3 Å². The lowest BCUT2D eigenvalue weighted by Gasteiger charge is -1.96. The van der Waals surface area contributed by atoms with E-state index in [1.807, 2.05) is 6.92 Å². The van der Waals surface area contributed by atoms with Gasteiger partial charge in [0.1, 0.15) is 0 Å². The van der Waals surface area contributed by atoms with Crippen LogP contribution >= 0.6 is 0 Å². The van der Waals surface area contributed by atoms with Gasteiger partial charge in [-0.3, -0.25) is 9.59 Å². The number of rotatable bonds is 3. The summed E-state index contributed by atoms with van der Waals surface area (Å²) in [5.41, 5.74) is 3.96. The van der Waals surface area contributed by atoms with Crippen molar-refractivity contribution in [3.63, 3.8) is 0 Å². The molecule has 1 N–H and O–H groups in total. The predicted octanol–water partition coefficient (Wildman–Crippen LogP) is 2.52. The fourth-order valence-corrected chi connectivity index (χ4v) is 1.72. The van der Waals surface area contributed by atoms with Crippen molar-refractivity contribution >= 4 is 12.6 Å². The molecule has 0 aliphatic carbocycles. The number of hydrogen-bond acceptors (Lipinski definition) is 3. The molecule has 0 fully saturated rings. The lowest BCUT2D eigenvalue weighted by Crippen LogP contribution is -1.85. The van der Waals surface area contributed by atoms with Crippen LogP contribution in [0.3, 0.4) is 0 Å². The molecule has 0 amide bonds. The van der Waals surface area contributed by atoms with Crippen LogP contribution in [0, 0.1) is 13.8 Å². The van der Waals surface area contributed by atoms with Crippen LogP contribution in [-0.4, -0.2) is 17.6 Å². The Morgan fingerprint density at radius 2 is 1.94 bits per heavy atom. The lowest BCUT2D eigenvalue weighted by atomic mass is 10.1. The molecule has 4 nitrogen and oxygen atoms in total. The van der Waals surface area contributed by atoms with Gasteiger partial charge < -0.3 is 9.40 Å². The van der Waals surface area contributed by atoms with Crippen molar-refractivity contribution in [2.45, 2.75) is 13.8 Å². The second-order valence-electron chi connectivity index (χ2n) is 3.66. The maximum atomic E-state index is 11.0. The molecule has 0 aliphatic heterocycles. The van der Waals surface area contributed by atoms with Gasteiger partial charge in [0, 0.05) is 11.1 Å². The largest absolute Gasteiger partial charge is 0.472 e. The Labute approximate surface area is 92.3 Å². The average molecular weight is 217 g/mol. The highest BCUT2D eigenvalue weighted by atomic mass is 16.3. The molecule has 0 saturated carbocycles. The second kappa shape index (κ2) is 3.81. The van der Waals surface area contributed by atoms with Gasteiger partial charge in [-0.05, 0) is 25.0 Å². The summed E-state index contributed by atoms with van der Waals surface area (Å²) < 4.78 is 5.06. The Kier molecular flexibility index (Phi) is 2.48. The van der Waals surface area contributed by atoms with Crippen molar-refractivity contribution in [3.05, 3.63) is 34.9 Å². The molecule has 0 radical (unpaired) electrons. The van der Waals surface area contributed by atoms with E-state index in [1.165, 1.54) is 0 Å². The van der Waals surface area contributed by atoms with Crippen molar-refractivity contribution in [1.82, 2.24) is 4.98 Å². The molecule has 0 unspecified atom stereocenters. The van der Waals surface area contributed by atoms with Crippen molar-refractivity contribution in [2.75, 3.05) is 0 Å². The van der Waals surface area contributed by atoms with Crippen LogP contribution in [0.4, 0.5) is 0 Å². The minimum Gasteiger partial charge on any atom is -0.472 e. The van der Waals surface area contributed by atoms with Crippen LogP contribution in [0.1, 0.15) is 32.0 Å². The third-order valence-electron chi connectivity index (χ3n) is 2.70. The normalized spacial score (nSPS) is 10.4. The van der Waals surface area contributed by atoms with Crippen LogP contribution in [0.2, 0.25) is 0 Å². The first-order valence-corrected chi connectivity index (χ1v) is 4.85. The van der Waals surface area contributed by atoms with E-state index in [0.717, 1.165) is 17.4 Å². The lowest BCUT2D eigenvalue weighted by molar-refractivity contribution is 0.111. The molecule has 0 atom stereocenters. The number of nitrogens with one attached hydrogen (secondary N) is 1. The van der Waals surface area contributed by atoms with Crippen LogP contribution in [0.5, 0.6) is 0 Å². The van der Waals surface area contributed by atoms with Gasteiger partial charge in [-0.2, -0.15) is 0 Å². The molecule has 2 aromatic rings. The molecule has 0 saturated heterocycles. The molecular formula is C12H11NO3. The number of carbonyl (C=O) groups excluding carboxylic acids is 2. The number of carbonyl (C=O) groups is 2. The summed E-state index contributed by atoms with van der Waals surface area (Å²) in [6.07, 6.45) is 4.62. The number of H-pyrrole nitrogens is 1. The zero-order chi connectivity index (χ0) is 11.7. The summed E-state index contributed by atoms with van der Waals surface area (Å²) >= 11 is 0. The average Bonchev–Trinajstić information content (AvgIpc) is 2.82. The van der Waals surface area contributed by atoms with Crippen molar-refractivity contribution in [2.24, 2.45) is 0 Å². The number of hydrogen-bond donors (Lipinski definition) is 1. The standard InChI is InChI=1S/C12H11NO3/c1-7-5-16-6-10(7)12-9(3-14)8(2)11(4-15)13-12/h3-6,13H,1-2H3. The van der Waals surface area contributed by atoms with E-state index in [2.05, 4.69) is 4.98 Å². The highest BCUT2D eigenvalue weighted by molar-refractivity contribution is 5.93. The first-order chi connectivity index (χ1) is 7.69. The van der Waals surface area contributed by atoms with Crippen molar-refractivity contribution in [3.8, 4) is 11.3 Å². The Morgan fingerprint density at radius 1 is 1.19 bits per heavy atom. The summed E-state index contributed by atoms with van der Waals surface area (Å²) in [6.45, 7) is 3.62. The molecule has 0 aliphatic rings. The maximum absolute atomic E-state index is 11.0. The molecule has 16 heavy (non-hydrogen) atoms. The van der Waals surface area contributed by atoms with Gasteiger partial charge in [0.25, 0.3) is 0 Å². The third-order valence-corrected chi connectivity index (χ3v) is 2.70. The Morgan fingerprint density at radius 3 is 2.44 bits per heavy atom. The zero-order valence-electron chi connectivity index (χ0n) is 9.03. The van der Waals surface area contributed by atoms with Crippen molar-refractivity contribution < 1.29 is 14.0 Å². The molecule has 2 aromatic heterocycles. The van der Waals surface area contributed by atoms with Gasteiger partial charge in [0.2, 0.25) is 0 Å². The van der Waals surface area contributed by atoms with Crippen LogP contribution in [-0.2, 0) is 0 Å². The first kappa shape index (κ1) is 10.4. The smallest absolute Gasteiger partial charge is 0.166 e. The Bertz CT molecular complexity index is 549. The van der Waals surface area contributed by atoms with Crippen LogP contribution < -0.4 is 0 Å². The molecule has 0 aromatic carbocycles. The highest BCUT2D eigenvalue weighted by Gasteiger charge is 2.16. The monoisotopic (exact) mass is 217 g/mol. The topological polar surface area (TPSA) is 63.1 Å². The van der Waals surface area contributed by atoms with Crippen molar-refractivity contribution in [1.29, 1.82) is 0 Å². The number of aromatic nitrogens is 1. The molecule has 0 spiro atoms. The van der Waals surface area contributed by atoms with E-state index in [1.54, 1.807) is 19.5 Å². The fourth-order valence-electron chi connectivity index (χ4n) is 1.72. The summed E-state index contributed by atoms with van der Waals surface area (Å²) in [6, 6.07) is 0. The molecule has 82 valence electrons. The first-order valence-electron chi connectivity index (χ1n) is 4.85. The molecular weight excluding hydrogens is 206 g/mol. The Balaban J connectivity index is 2.70. The number of aryl methyl sites for hydroxylation is 1. The number of aromatic amines is 1. The van der Waals surface area contributed by atoms with E-state index in [0.29, 0.717) is 28.8 Å². The molecule has 2 rings (SSSR count). The Hall–Kier alpha value is -2.10. The van der Waals surface area contributed by atoms with Gasteiger partial charge in [-0.1, -0.05) is 0 Å². The number of furan rings is 1. The zero-order valence-corrected chi connectivity index (χ0v) is 9.03. The van der Waals surface area contributed by atoms with E-state index >= 15 is 0 Å². The van der Waals surface area contributed by atoms with Gasteiger partial charge in [-0.15, -0.1) is 0 Å². The van der Waals surface area contributed by atoms with E-state index in [9.17, 15) is 9.59 Å². The minimum atomic E-state index is 0.428. The van der Waals surface area contributed by atoms with Gasteiger partial charge in [-0.25, -0.2) is 0 Å². The maximum Gasteiger partial charge on any atom is 0.166 e. The van der Waals surface area contributed by atoms with E-state index in [-0.39, 0.29) is 0 Å². The van der Waals surface area contributed by atoms with Crippen LogP contribution in [0.15, 0.2) is 16.9 Å². The second-order valence-corrected chi connectivity index (χ2v) is 3.66. The SMILES string of the molecule is Cc1cocc1-c1[nH]c(C=O)c(C)c1C=O. The summed E-state index contributed by atoms with van der Waals surface area (Å²) in [5.74, 6) is 0.